The normalized spacial score (nSPS) is 11.0. The van der Waals surface area contributed by atoms with Crippen molar-refractivity contribution in [1.29, 1.82) is 0 Å². The van der Waals surface area contributed by atoms with Crippen molar-refractivity contribution in [2.45, 2.75) is 33.2 Å². The smallest absolute Gasteiger partial charge is 0.341 e. The molecule has 5 heteroatoms. The third-order valence-electron chi connectivity index (χ3n) is 3.91. The maximum absolute atomic E-state index is 12.3. The summed E-state index contributed by atoms with van der Waals surface area (Å²) in [6.45, 7) is 7.24. The Hall–Kier alpha value is -1.85. The molecule has 2 aromatic rings. The number of carbonyl (C=O) groups is 1. The average Bonchev–Trinajstić information content (AvgIpc) is 2.91. The molecule has 0 saturated carbocycles. The minimum atomic E-state index is -0.369. The molecule has 0 bridgehead atoms. The number of esters is 1. The van der Waals surface area contributed by atoms with Gasteiger partial charge in [-0.05, 0) is 31.5 Å². The molecular formula is C19H26N2O2S. The number of carbonyl (C=O) groups excluding carboxylic acids is 1. The molecular weight excluding hydrogens is 320 g/mol. The number of benzene rings is 1. The average molecular weight is 346 g/mol. The van der Waals surface area contributed by atoms with Crippen molar-refractivity contribution in [3.05, 3.63) is 40.8 Å². The van der Waals surface area contributed by atoms with E-state index >= 15 is 0 Å². The van der Waals surface area contributed by atoms with E-state index in [-0.39, 0.29) is 5.97 Å². The SMILES string of the molecule is CCCN(CCC)Cc1sc(N)c(C(=O)OC)c1-c1ccccc1. The first-order valence-electron chi connectivity index (χ1n) is 8.39. The summed E-state index contributed by atoms with van der Waals surface area (Å²) < 4.78 is 4.97. The third kappa shape index (κ3) is 4.16. The van der Waals surface area contributed by atoms with Crippen LogP contribution in [0, 0.1) is 0 Å². The van der Waals surface area contributed by atoms with E-state index in [1.165, 1.54) is 18.4 Å². The monoisotopic (exact) mass is 346 g/mol. The minimum absolute atomic E-state index is 0.369. The first-order valence-corrected chi connectivity index (χ1v) is 9.21. The fourth-order valence-corrected chi connectivity index (χ4v) is 4.05. The van der Waals surface area contributed by atoms with Gasteiger partial charge in [-0.15, -0.1) is 11.3 Å². The second kappa shape index (κ2) is 8.85. The molecule has 0 atom stereocenters. The van der Waals surface area contributed by atoms with Crippen molar-refractivity contribution in [2.75, 3.05) is 25.9 Å². The quantitative estimate of drug-likeness (QED) is 0.720. The third-order valence-corrected chi connectivity index (χ3v) is 4.91. The molecule has 0 aliphatic heterocycles. The highest BCUT2D eigenvalue weighted by Crippen LogP contribution is 2.39. The Bertz CT molecular complexity index is 662. The van der Waals surface area contributed by atoms with Crippen LogP contribution in [0.15, 0.2) is 30.3 Å². The van der Waals surface area contributed by atoms with Crippen molar-refractivity contribution in [1.82, 2.24) is 4.90 Å². The van der Waals surface area contributed by atoms with Gasteiger partial charge in [0, 0.05) is 17.0 Å². The van der Waals surface area contributed by atoms with Crippen LogP contribution in [0.5, 0.6) is 0 Å². The molecule has 0 aliphatic rings. The van der Waals surface area contributed by atoms with Crippen molar-refractivity contribution in [3.8, 4) is 11.1 Å². The lowest BCUT2D eigenvalue weighted by molar-refractivity contribution is 0.0603. The van der Waals surface area contributed by atoms with Crippen LogP contribution in [-0.2, 0) is 11.3 Å². The highest BCUT2D eigenvalue weighted by Gasteiger charge is 2.24. The summed E-state index contributed by atoms with van der Waals surface area (Å²) in [5.41, 5.74) is 8.60. The second-order valence-electron chi connectivity index (χ2n) is 5.77. The largest absolute Gasteiger partial charge is 0.465 e. The minimum Gasteiger partial charge on any atom is -0.465 e. The molecule has 4 nitrogen and oxygen atoms in total. The van der Waals surface area contributed by atoms with Gasteiger partial charge in [0.05, 0.1) is 7.11 Å². The lowest BCUT2D eigenvalue weighted by Gasteiger charge is -2.21. The highest BCUT2D eigenvalue weighted by atomic mass is 32.1. The summed E-state index contributed by atoms with van der Waals surface area (Å²) in [4.78, 5) is 15.8. The molecule has 24 heavy (non-hydrogen) atoms. The molecule has 1 aromatic carbocycles. The van der Waals surface area contributed by atoms with Crippen LogP contribution in [-0.4, -0.2) is 31.1 Å². The van der Waals surface area contributed by atoms with Crippen molar-refractivity contribution in [3.63, 3.8) is 0 Å². The first-order chi connectivity index (χ1) is 11.6. The standard InChI is InChI=1S/C19H26N2O2S/c1-4-11-21(12-5-2)13-15-16(14-9-7-6-8-10-14)17(18(20)24-15)19(22)23-3/h6-10H,4-5,11-13,20H2,1-3H3. The number of rotatable bonds is 8. The second-order valence-corrected chi connectivity index (χ2v) is 6.91. The van der Waals surface area contributed by atoms with Crippen LogP contribution < -0.4 is 5.73 Å². The lowest BCUT2D eigenvalue weighted by Crippen LogP contribution is -2.24. The van der Waals surface area contributed by atoms with Gasteiger partial charge < -0.3 is 10.5 Å². The number of nitrogen functional groups attached to an aromatic ring is 1. The summed E-state index contributed by atoms with van der Waals surface area (Å²) in [6, 6.07) is 9.95. The lowest BCUT2D eigenvalue weighted by atomic mass is 10.0. The highest BCUT2D eigenvalue weighted by molar-refractivity contribution is 7.17. The maximum Gasteiger partial charge on any atom is 0.341 e. The zero-order valence-electron chi connectivity index (χ0n) is 14.7. The number of hydrogen-bond acceptors (Lipinski definition) is 5. The zero-order chi connectivity index (χ0) is 17.5. The van der Waals surface area contributed by atoms with E-state index in [9.17, 15) is 4.79 Å². The summed E-state index contributed by atoms with van der Waals surface area (Å²) in [6.07, 6.45) is 2.21. The molecule has 1 heterocycles. The Balaban J connectivity index is 2.49. The van der Waals surface area contributed by atoms with Gasteiger partial charge in [0.25, 0.3) is 0 Å². The summed E-state index contributed by atoms with van der Waals surface area (Å²) in [5, 5.41) is 0.531. The zero-order valence-corrected chi connectivity index (χ0v) is 15.5. The number of ether oxygens (including phenoxy) is 1. The van der Waals surface area contributed by atoms with E-state index in [0.717, 1.165) is 48.5 Å². The number of anilines is 1. The van der Waals surface area contributed by atoms with E-state index < -0.39 is 0 Å². The predicted octanol–water partition coefficient (Wildman–Crippen LogP) is 4.41. The molecule has 0 fully saturated rings. The van der Waals surface area contributed by atoms with E-state index in [0.29, 0.717) is 10.6 Å². The van der Waals surface area contributed by atoms with E-state index in [1.807, 2.05) is 30.3 Å². The van der Waals surface area contributed by atoms with Gasteiger partial charge in [0.2, 0.25) is 0 Å². The Labute approximate surface area is 148 Å². The van der Waals surface area contributed by atoms with Crippen molar-refractivity contribution in [2.24, 2.45) is 0 Å². The molecule has 0 radical (unpaired) electrons. The first kappa shape index (κ1) is 18.5. The summed E-state index contributed by atoms with van der Waals surface area (Å²) >= 11 is 1.49. The van der Waals surface area contributed by atoms with Crippen molar-refractivity contribution >= 4 is 22.3 Å². The summed E-state index contributed by atoms with van der Waals surface area (Å²) in [5.74, 6) is -0.369. The molecule has 2 rings (SSSR count). The van der Waals surface area contributed by atoms with Crippen LogP contribution in [0.3, 0.4) is 0 Å². The van der Waals surface area contributed by atoms with E-state index in [2.05, 4.69) is 18.7 Å². The van der Waals surface area contributed by atoms with Gasteiger partial charge in [0.15, 0.2) is 0 Å². The number of methoxy groups -OCH3 is 1. The van der Waals surface area contributed by atoms with Crippen LogP contribution in [0.2, 0.25) is 0 Å². The van der Waals surface area contributed by atoms with Crippen LogP contribution in [0.25, 0.3) is 11.1 Å². The van der Waals surface area contributed by atoms with Gasteiger partial charge in [-0.25, -0.2) is 4.79 Å². The van der Waals surface area contributed by atoms with Crippen LogP contribution in [0.1, 0.15) is 41.9 Å². The Morgan fingerprint density at radius 2 is 1.79 bits per heavy atom. The maximum atomic E-state index is 12.3. The number of hydrogen-bond donors (Lipinski definition) is 1. The summed E-state index contributed by atoms with van der Waals surface area (Å²) in [7, 11) is 1.40. The van der Waals surface area contributed by atoms with Gasteiger partial charge in [-0.1, -0.05) is 44.2 Å². The topological polar surface area (TPSA) is 55.6 Å². The molecule has 0 unspecified atom stereocenters. The van der Waals surface area contributed by atoms with Crippen LogP contribution >= 0.6 is 11.3 Å². The molecule has 2 N–H and O–H groups in total. The Morgan fingerprint density at radius 3 is 2.33 bits per heavy atom. The molecule has 1 aromatic heterocycles. The van der Waals surface area contributed by atoms with Gasteiger partial charge in [0.1, 0.15) is 10.6 Å². The van der Waals surface area contributed by atoms with E-state index in [1.54, 1.807) is 0 Å². The molecule has 130 valence electrons. The Kier molecular flexibility index (Phi) is 6.82. The van der Waals surface area contributed by atoms with Gasteiger partial charge in [-0.3, -0.25) is 4.90 Å². The van der Waals surface area contributed by atoms with Gasteiger partial charge in [-0.2, -0.15) is 0 Å². The molecule has 0 aliphatic carbocycles. The number of nitrogens with zero attached hydrogens (tertiary/aromatic N) is 1. The molecule has 0 saturated heterocycles. The molecule has 0 spiro atoms. The number of thiophene rings is 1. The molecule has 0 amide bonds. The fraction of sp³-hybridized carbons (Fsp3) is 0.421. The fourth-order valence-electron chi connectivity index (χ4n) is 2.93. The number of nitrogens with two attached hydrogens (primary N) is 1. The van der Waals surface area contributed by atoms with Crippen LogP contribution in [0.4, 0.5) is 5.00 Å². The predicted molar refractivity (Wildman–Crippen MR) is 101 cm³/mol. The van der Waals surface area contributed by atoms with Crippen molar-refractivity contribution < 1.29 is 9.53 Å². The van der Waals surface area contributed by atoms with Gasteiger partial charge >= 0.3 is 5.97 Å². The Morgan fingerprint density at radius 1 is 1.17 bits per heavy atom. The van der Waals surface area contributed by atoms with E-state index in [4.69, 9.17) is 10.5 Å².